The lowest BCUT2D eigenvalue weighted by Crippen LogP contribution is -2.56. The highest BCUT2D eigenvalue weighted by Gasteiger charge is 2.54. The number of nitrogens with one attached hydrogen (secondary N) is 1. The van der Waals surface area contributed by atoms with Gasteiger partial charge in [0, 0.05) is 42.1 Å². The quantitative estimate of drug-likeness (QED) is 0.0282. The first-order chi connectivity index (χ1) is 25.7. The second-order valence-electron chi connectivity index (χ2n) is 12.3. The average molecular weight is 794 g/mol. The maximum absolute atomic E-state index is 16.1. The van der Waals surface area contributed by atoms with Gasteiger partial charge in [0.25, 0.3) is 5.91 Å². The Labute approximate surface area is 308 Å². The second kappa shape index (κ2) is 15.7. The fourth-order valence-electron chi connectivity index (χ4n) is 6.21. The Balaban J connectivity index is 0.930. The van der Waals surface area contributed by atoms with E-state index in [0.29, 0.717) is 42.1 Å². The molecule has 0 bridgehead atoms. The first-order valence-electron chi connectivity index (χ1n) is 16.5. The van der Waals surface area contributed by atoms with Gasteiger partial charge in [-0.3, -0.25) is 14.1 Å². The number of esters is 1. The Hall–Kier alpha value is -5.14. The van der Waals surface area contributed by atoms with E-state index >= 15 is 8.63 Å². The van der Waals surface area contributed by atoms with Crippen LogP contribution in [0, 0.1) is 23.3 Å². The highest BCUT2D eigenvalue weighted by atomic mass is 32.2. The first kappa shape index (κ1) is 38.6. The summed E-state index contributed by atoms with van der Waals surface area (Å²) >= 11 is 1.41. The molecule has 2 aromatic carbocycles. The Morgan fingerprint density at radius 3 is 2.37 bits per heavy atom. The van der Waals surface area contributed by atoms with Crippen molar-refractivity contribution in [3.63, 3.8) is 0 Å². The number of halogens is 6. The molecule has 10 nitrogen and oxygen atoms in total. The van der Waals surface area contributed by atoms with Gasteiger partial charge < -0.3 is 32.4 Å². The molecule has 2 N–H and O–H groups in total. The molecular weight excluding hydrogens is 763 g/mol. The van der Waals surface area contributed by atoms with Gasteiger partial charge in [-0.15, -0.1) is 11.3 Å². The number of fused-ring (bicyclic) bond motifs is 2. The highest BCUT2D eigenvalue weighted by molar-refractivity contribution is 7.85. The number of hydrogen-bond donors (Lipinski definition) is 2. The molecule has 6 rings (SSSR count). The largest absolute Gasteiger partial charge is 0.732 e. The number of nitrogens with zero attached hydrogens (tertiary/aromatic N) is 2. The van der Waals surface area contributed by atoms with E-state index in [1.165, 1.54) is 15.8 Å². The summed E-state index contributed by atoms with van der Waals surface area (Å²) < 4.78 is 131. The number of carbonyl (C=O) groups is 2. The third-order valence-corrected chi connectivity index (χ3v) is 10.5. The monoisotopic (exact) mass is 793 g/mol. The van der Waals surface area contributed by atoms with E-state index in [-0.39, 0.29) is 19.6 Å². The van der Waals surface area contributed by atoms with E-state index in [2.05, 4.69) is 10.1 Å². The van der Waals surface area contributed by atoms with E-state index in [0.717, 1.165) is 14.9 Å². The van der Waals surface area contributed by atoms with Crippen molar-refractivity contribution in [3.8, 4) is 22.1 Å². The molecule has 2 aliphatic rings. The third kappa shape index (κ3) is 8.02. The van der Waals surface area contributed by atoms with Crippen LogP contribution in [0.5, 0.6) is 11.5 Å². The molecule has 0 saturated carbocycles. The van der Waals surface area contributed by atoms with Crippen LogP contribution in [-0.2, 0) is 26.1 Å². The molecule has 0 radical (unpaired) electrons. The zero-order valence-electron chi connectivity index (χ0n) is 28.0. The number of carbonyl (C=O) groups excluding carboxylic acids is 2. The van der Waals surface area contributed by atoms with Crippen LogP contribution in [0.3, 0.4) is 0 Å². The minimum Gasteiger partial charge on any atom is -0.484 e. The normalized spacial score (nSPS) is 16.1. The van der Waals surface area contributed by atoms with Crippen LogP contribution >= 0.6 is 11.3 Å². The fourth-order valence-corrected chi connectivity index (χ4v) is 7.59. The molecule has 284 valence electrons. The topological polar surface area (TPSA) is 127 Å². The fraction of sp³-hybridized carbons (Fsp3) is 0.229. The molecule has 0 aliphatic carbocycles. The molecule has 0 saturated heterocycles. The van der Waals surface area contributed by atoms with Gasteiger partial charge in [0.05, 0.1) is 0 Å². The molecule has 1 atom stereocenters. The number of hydrogen-bond acceptors (Lipinski definition) is 7. The standard InChI is InChI=1S/C35H30BF6N3O7S2/c37-30-32(39)35(54(48,49)50)33(40)31(38)34(30)52-29(47)6-2-1-3-17-43-28(46)20-51-25-14-8-21(9-15-25)7-10-22-11-12-23-19-24-13-16-26(27-5-4-18-53-27)45(24)36(41,42)44(22)23/h4-5,7-16,18,23H,1-3,6,17,19-20H2,(H,43,46)(H,48,49,50)/b10-7+. The predicted octanol–water partition coefficient (Wildman–Crippen LogP) is 6.56. The zero-order valence-corrected chi connectivity index (χ0v) is 29.6. The summed E-state index contributed by atoms with van der Waals surface area (Å²) in [5, 5.41) is 4.47. The minimum absolute atomic E-state index is 0.103. The molecule has 2 aliphatic heterocycles. The van der Waals surface area contributed by atoms with Gasteiger partial charge in [-0.2, -0.15) is 17.2 Å². The van der Waals surface area contributed by atoms with E-state index in [4.69, 9.17) is 9.29 Å². The minimum atomic E-state index is -5.66. The third-order valence-electron chi connectivity index (χ3n) is 8.72. The summed E-state index contributed by atoms with van der Waals surface area (Å²) in [6.45, 7) is -4.23. The van der Waals surface area contributed by atoms with Crippen molar-refractivity contribution in [3.05, 3.63) is 107 Å². The molecule has 19 heteroatoms. The van der Waals surface area contributed by atoms with Crippen LogP contribution < -0.4 is 14.8 Å². The maximum Gasteiger partial charge on any atom is 0.732 e. The van der Waals surface area contributed by atoms with Gasteiger partial charge in [-0.05, 0) is 72.0 Å². The Morgan fingerprint density at radius 1 is 0.981 bits per heavy atom. The summed E-state index contributed by atoms with van der Waals surface area (Å²) in [5.74, 6) is -12.6. The molecule has 54 heavy (non-hydrogen) atoms. The van der Waals surface area contributed by atoms with Gasteiger partial charge in [0.2, 0.25) is 17.4 Å². The van der Waals surface area contributed by atoms with Gasteiger partial charge in [0.1, 0.15) is 11.8 Å². The Kier molecular flexibility index (Phi) is 11.2. The summed E-state index contributed by atoms with van der Waals surface area (Å²) in [6.07, 6.45) is 7.68. The van der Waals surface area contributed by atoms with Crippen molar-refractivity contribution in [2.24, 2.45) is 0 Å². The van der Waals surface area contributed by atoms with Crippen LogP contribution in [0.15, 0.2) is 77.0 Å². The van der Waals surface area contributed by atoms with Gasteiger partial charge in [0.15, 0.2) is 28.8 Å². The van der Waals surface area contributed by atoms with E-state index in [1.807, 2.05) is 17.5 Å². The van der Waals surface area contributed by atoms with Crippen LogP contribution in [-0.4, -0.2) is 65.7 Å². The number of rotatable bonds is 14. The maximum atomic E-state index is 16.1. The van der Waals surface area contributed by atoms with E-state index in [9.17, 15) is 35.6 Å². The number of aromatic nitrogens is 1. The lowest BCUT2D eigenvalue weighted by Gasteiger charge is -2.35. The van der Waals surface area contributed by atoms with Crippen molar-refractivity contribution >= 4 is 52.1 Å². The zero-order chi connectivity index (χ0) is 38.8. The van der Waals surface area contributed by atoms with Gasteiger partial charge >= 0.3 is 23.1 Å². The summed E-state index contributed by atoms with van der Waals surface area (Å²) in [6, 6.07) is 13.4. The second-order valence-corrected chi connectivity index (χ2v) is 14.6. The molecule has 2 aromatic heterocycles. The Bertz CT molecular complexity index is 2260. The van der Waals surface area contributed by atoms with Crippen LogP contribution in [0.4, 0.5) is 26.2 Å². The van der Waals surface area contributed by atoms with Crippen molar-refractivity contribution in [1.82, 2.24) is 9.79 Å². The molecule has 0 fully saturated rings. The van der Waals surface area contributed by atoms with Gasteiger partial charge in [-0.1, -0.05) is 24.6 Å². The van der Waals surface area contributed by atoms with Crippen molar-refractivity contribution in [2.75, 3.05) is 13.2 Å². The predicted molar refractivity (Wildman–Crippen MR) is 187 cm³/mol. The van der Waals surface area contributed by atoms with Crippen molar-refractivity contribution in [1.29, 1.82) is 0 Å². The lowest BCUT2D eigenvalue weighted by atomic mass is 9.87. The summed E-state index contributed by atoms with van der Waals surface area (Å²) in [7, 11) is -5.66. The first-order valence-corrected chi connectivity index (χ1v) is 18.8. The Morgan fingerprint density at radius 2 is 1.70 bits per heavy atom. The van der Waals surface area contributed by atoms with E-state index in [1.54, 1.807) is 60.7 Å². The van der Waals surface area contributed by atoms with Crippen molar-refractivity contribution in [2.45, 2.75) is 43.0 Å². The number of ether oxygens (including phenoxy) is 2. The number of unbranched alkanes of at least 4 members (excludes halogenated alkanes) is 2. The molecule has 0 spiro atoms. The molecular formula is C35H30BF6N3O7S2. The molecule has 1 unspecified atom stereocenters. The highest BCUT2D eigenvalue weighted by Crippen LogP contribution is 2.37. The number of allylic oxidation sites excluding steroid dienone is 2. The molecule has 4 heterocycles. The van der Waals surface area contributed by atoms with Crippen LogP contribution in [0.2, 0.25) is 0 Å². The summed E-state index contributed by atoms with van der Waals surface area (Å²) in [5.41, 5.74) is 2.20. The number of benzene rings is 2. The lowest BCUT2D eigenvalue weighted by molar-refractivity contribution is -0.455. The SMILES string of the molecule is O=C(COc1ccc(/C=C/C2=[N+]3C(C=C2)Cc2ccc(-c4cccs4)n2[B-]3(F)F)cc1)NCCCCCC(=O)Oc1c(F)c(F)c(S(=O)(=O)O)c(F)c1F. The van der Waals surface area contributed by atoms with Crippen LogP contribution in [0.1, 0.15) is 36.9 Å². The smallest absolute Gasteiger partial charge is 0.484 e. The molecule has 1 amide bonds. The average Bonchev–Trinajstić information content (AvgIpc) is 3.90. The number of amides is 1. The van der Waals surface area contributed by atoms with Crippen LogP contribution in [0.25, 0.3) is 16.6 Å². The molecule has 4 aromatic rings. The van der Waals surface area contributed by atoms with E-state index < -0.39 is 75.3 Å². The van der Waals surface area contributed by atoms with Gasteiger partial charge in [-0.25, -0.2) is 8.78 Å². The van der Waals surface area contributed by atoms with Crippen molar-refractivity contribution < 1.29 is 62.7 Å². The number of thiophene rings is 1. The summed E-state index contributed by atoms with van der Waals surface area (Å²) in [4.78, 5) is 22.7.